The number of hydrogen-bond donors (Lipinski definition) is 2. The van der Waals surface area contributed by atoms with Crippen LogP contribution in [0, 0.1) is 5.92 Å². The summed E-state index contributed by atoms with van der Waals surface area (Å²) in [6.07, 6.45) is 2.72. The van der Waals surface area contributed by atoms with Crippen LogP contribution in [-0.4, -0.2) is 38.9 Å². The van der Waals surface area contributed by atoms with E-state index in [1.54, 1.807) is 0 Å². The molecular formula is C15H20N2O3S. The number of aryl methyl sites for hydroxylation is 1. The molecule has 1 fully saturated rings. The van der Waals surface area contributed by atoms with Gasteiger partial charge in [0.05, 0.1) is 22.8 Å². The fraction of sp³-hybridized carbons (Fsp3) is 0.533. The monoisotopic (exact) mass is 308 g/mol. The summed E-state index contributed by atoms with van der Waals surface area (Å²) in [7, 11) is -2.89. The van der Waals surface area contributed by atoms with Gasteiger partial charge in [-0.05, 0) is 36.8 Å². The second-order valence-corrected chi connectivity index (χ2v) is 8.08. The van der Waals surface area contributed by atoms with Crippen molar-refractivity contribution in [1.29, 1.82) is 0 Å². The second kappa shape index (κ2) is 5.67. The van der Waals surface area contributed by atoms with Crippen molar-refractivity contribution < 1.29 is 13.2 Å². The van der Waals surface area contributed by atoms with Gasteiger partial charge in [0, 0.05) is 13.1 Å². The zero-order chi connectivity index (χ0) is 14.9. The van der Waals surface area contributed by atoms with Crippen molar-refractivity contribution in [3.05, 3.63) is 29.3 Å². The van der Waals surface area contributed by atoms with Crippen LogP contribution >= 0.6 is 0 Å². The summed E-state index contributed by atoms with van der Waals surface area (Å²) in [4.78, 5) is 12.3. The summed E-state index contributed by atoms with van der Waals surface area (Å²) in [6.45, 7) is 1.32. The number of carbonyl (C=O) groups is 1. The molecule has 0 bridgehead atoms. The van der Waals surface area contributed by atoms with Crippen molar-refractivity contribution >= 4 is 21.4 Å². The highest BCUT2D eigenvalue weighted by molar-refractivity contribution is 7.91. The van der Waals surface area contributed by atoms with Gasteiger partial charge in [-0.15, -0.1) is 0 Å². The molecule has 3 rings (SSSR count). The molecule has 6 heteroatoms. The lowest BCUT2D eigenvalue weighted by atomic mass is 9.99. The fourth-order valence-electron chi connectivity index (χ4n) is 3.06. The van der Waals surface area contributed by atoms with E-state index in [2.05, 4.69) is 10.6 Å². The Balaban J connectivity index is 1.66. The van der Waals surface area contributed by atoms with Gasteiger partial charge in [0.1, 0.15) is 0 Å². The Hall–Kier alpha value is -1.56. The van der Waals surface area contributed by atoms with E-state index in [1.807, 2.05) is 18.2 Å². The van der Waals surface area contributed by atoms with Gasteiger partial charge in [-0.2, -0.15) is 0 Å². The van der Waals surface area contributed by atoms with Gasteiger partial charge in [0.2, 0.25) is 0 Å². The first-order valence-electron chi connectivity index (χ1n) is 7.39. The molecule has 0 spiro atoms. The van der Waals surface area contributed by atoms with Crippen molar-refractivity contribution in [2.45, 2.75) is 19.3 Å². The fourth-order valence-corrected chi connectivity index (χ4v) is 4.93. The average molecular weight is 308 g/mol. The third-order valence-electron chi connectivity index (χ3n) is 4.20. The predicted molar refractivity (Wildman–Crippen MR) is 82.3 cm³/mol. The van der Waals surface area contributed by atoms with Gasteiger partial charge in [-0.1, -0.05) is 12.1 Å². The zero-order valence-corrected chi connectivity index (χ0v) is 12.7. The molecule has 0 aromatic heterocycles. The van der Waals surface area contributed by atoms with Gasteiger partial charge in [0.15, 0.2) is 9.84 Å². The number of fused-ring (bicyclic) bond motifs is 1. The first kappa shape index (κ1) is 14.4. The lowest BCUT2D eigenvalue weighted by Gasteiger charge is -2.21. The van der Waals surface area contributed by atoms with Crippen LogP contribution in [0.2, 0.25) is 0 Å². The molecular weight excluding hydrogens is 288 g/mol. The van der Waals surface area contributed by atoms with E-state index in [0.29, 0.717) is 18.5 Å². The zero-order valence-electron chi connectivity index (χ0n) is 11.9. The number of carbonyl (C=O) groups excluding carboxylic acids is 1. The van der Waals surface area contributed by atoms with Crippen molar-refractivity contribution in [1.82, 2.24) is 5.32 Å². The summed E-state index contributed by atoms with van der Waals surface area (Å²) < 4.78 is 22.8. The number of nitrogens with one attached hydrogen (secondary N) is 2. The first-order valence-corrected chi connectivity index (χ1v) is 9.22. The number of rotatable bonds is 3. The normalized spacial score (nSPS) is 23.1. The summed E-state index contributed by atoms with van der Waals surface area (Å²) in [6, 6.07) is 5.76. The van der Waals surface area contributed by atoms with Crippen LogP contribution < -0.4 is 10.6 Å². The Labute approximate surface area is 125 Å². The van der Waals surface area contributed by atoms with Crippen LogP contribution in [0.15, 0.2) is 18.2 Å². The van der Waals surface area contributed by atoms with Crippen LogP contribution in [0.3, 0.4) is 0 Å². The smallest absolute Gasteiger partial charge is 0.253 e. The standard InChI is InChI=1S/C15H20N2O3S/c18-15(17-9-11-6-8-21(19,20)10-11)13-5-1-3-12-4-2-7-16-14(12)13/h1,3,5,11,16H,2,4,6-10H2,(H,17,18). The van der Waals surface area contributed by atoms with Crippen LogP contribution in [0.5, 0.6) is 0 Å². The lowest BCUT2D eigenvalue weighted by Crippen LogP contribution is -2.31. The summed E-state index contributed by atoms with van der Waals surface area (Å²) in [5.74, 6) is 0.367. The number of benzene rings is 1. The van der Waals surface area contributed by atoms with Crippen molar-refractivity contribution in [3.63, 3.8) is 0 Å². The van der Waals surface area contributed by atoms with Gasteiger partial charge in [-0.3, -0.25) is 4.79 Å². The minimum Gasteiger partial charge on any atom is -0.384 e. The molecule has 2 heterocycles. The van der Waals surface area contributed by atoms with Crippen LogP contribution in [-0.2, 0) is 16.3 Å². The Kier molecular flexibility index (Phi) is 3.89. The quantitative estimate of drug-likeness (QED) is 0.880. The molecule has 2 aliphatic heterocycles. The molecule has 1 saturated heterocycles. The maximum Gasteiger partial charge on any atom is 0.253 e. The third-order valence-corrected chi connectivity index (χ3v) is 6.04. The van der Waals surface area contributed by atoms with Crippen LogP contribution in [0.1, 0.15) is 28.8 Å². The van der Waals surface area contributed by atoms with Gasteiger partial charge >= 0.3 is 0 Å². The third kappa shape index (κ3) is 3.20. The molecule has 114 valence electrons. The van der Waals surface area contributed by atoms with E-state index in [0.717, 1.165) is 25.1 Å². The topological polar surface area (TPSA) is 75.3 Å². The Morgan fingerprint density at radius 2 is 2.24 bits per heavy atom. The van der Waals surface area contributed by atoms with Gasteiger partial charge < -0.3 is 10.6 Å². The van der Waals surface area contributed by atoms with Crippen molar-refractivity contribution in [2.75, 3.05) is 29.9 Å². The second-order valence-electron chi connectivity index (χ2n) is 5.85. The van der Waals surface area contributed by atoms with E-state index in [9.17, 15) is 13.2 Å². The number of para-hydroxylation sites is 1. The Bertz CT molecular complexity index is 655. The van der Waals surface area contributed by atoms with E-state index < -0.39 is 9.84 Å². The molecule has 1 atom stereocenters. The van der Waals surface area contributed by atoms with Crippen molar-refractivity contribution in [2.24, 2.45) is 5.92 Å². The van der Waals surface area contributed by atoms with Gasteiger partial charge in [-0.25, -0.2) is 8.42 Å². The van der Waals surface area contributed by atoms with Crippen LogP contribution in [0.25, 0.3) is 0 Å². The van der Waals surface area contributed by atoms with E-state index in [4.69, 9.17) is 0 Å². The first-order chi connectivity index (χ1) is 10.1. The molecule has 1 unspecified atom stereocenters. The highest BCUT2D eigenvalue weighted by Gasteiger charge is 2.28. The van der Waals surface area contributed by atoms with E-state index in [1.165, 1.54) is 5.56 Å². The molecule has 2 aliphatic rings. The number of amides is 1. The molecule has 0 saturated carbocycles. The number of anilines is 1. The molecule has 2 N–H and O–H groups in total. The van der Waals surface area contributed by atoms with E-state index in [-0.39, 0.29) is 23.3 Å². The molecule has 1 aromatic carbocycles. The Morgan fingerprint density at radius 1 is 1.38 bits per heavy atom. The molecule has 0 radical (unpaired) electrons. The summed E-state index contributed by atoms with van der Waals surface area (Å²) in [5, 5.41) is 6.18. The average Bonchev–Trinajstić information content (AvgIpc) is 2.83. The molecule has 0 aliphatic carbocycles. The molecule has 5 nitrogen and oxygen atoms in total. The Morgan fingerprint density at radius 3 is 3.00 bits per heavy atom. The maximum atomic E-state index is 12.3. The molecule has 21 heavy (non-hydrogen) atoms. The highest BCUT2D eigenvalue weighted by Crippen LogP contribution is 2.26. The van der Waals surface area contributed by atoms with Crippen molar-refractivity contribution in [3.8, 4) is 0 Å². The minimum absolute atomic E-state index is 0.0476. The number of hydrogen-bond acceptors (Lipinski definition) is 4. The van der Waals surface area contributed by atoms with E-state index >= 15 is 0 Å². The molecule has 1 aromatic rings. The minimum atomic E-state index is -2.89. The maximum absolute atomic E-state index is 12.3. The lowest BCUT2D eigenvalue weighted by molar-refractivity contribution is 0.0949. The SMILES string of the molecule is O=C(NCC1CCS(=O)(=O)C1)c1cccc2c1NCCC2. The highest BCUT2D eigenvalue weighted by atomic mass is 32.2. The number of sulfone groups is 1. The van der Waals surface area contributed by atoms with Crippen LogP contribution in [0.4, 0.5) is 5.69 Å². The molecule has 1 amide bonds. The summed E-state index contributed by atoms with van der Waals surface area (Å²) >= 11 is 0. The largest absolute Gasteiger partial charge is 0.384 e. The summed E-state index contributed by atoms with van der Waals surface area (Å²) in [5.41, 5.74) is 2.77. The van der Waals surface area contributed by atoms with Gasteiger partial charge in [0.25, 0.3) is 5.91 Å². The predicted octanol–water partition coefficient (Wildman–Crippen LogP) is 1.21.